The van der Waals surface area contributed by atoms with E-state index in [2.05, 4.69) is 39.6 Å². The van der Waals surface area contributed by atoms with Crippen LogP contribution in [0.5, 0.6) is 0 Å². The third-order valence-corrected chi connectivity index (χ3v) is 4.51. The van der Waals surface area contributed by atoms with Gasteiger partial charge < -0.3 is 10.6 Å². The van der Waals surface area contributed by atoms with Crippen molar-refractivity contribution in [3.8, 4) is 0 Å². The molecule has 72 valence electrons. The largest absolute Gasteiger partial charge is 0.314 e. The van der Waals surface area contributed by atoms with E-state index < -0.39 is 0 Å². The van der Waals surface area contributed by atoms with Gasteiger partial charge in [0, 0.05) is 24.5 Å². The first-order chi connectivity index (χ1) is 6.27. The number of aryl methyl sites for hydroxylation is 1. The zero-order valence-electron chi connectivity index (χ0n) is 7.56. The van der Waals surface area contributed by atoms with Crippen LogP contribution in [-0.2, 0) is 0 Å². The molecule has 2 N–H and O–H groups in total. The Morgan fingerprint density at radius 1 is 1.54 bits per heavy atom. The van der Waals surface area contributed by atoms with Crippen LogP contribution in [0.2, 0.25) is 0 Å². The van der Waals surface area contributed by atoms with Crippen molar-refractivity contribution in [1.29, 1.82) is 0 Å². The van der Waals surface area contributed by atoms with Crippen molar-refractivity contribution < 1.29 is 0 Å². The van der Waals surface area contributed by atoms with Crippen LogP contribution in [-0.4, -0.2) is 19.6 Å². The van der Waals surface area contributed by atoms with Gasteiger partial charge in [-0.25, -0.2) is 0 Å². The van der Waals surface area contributed by atoms with Crippen LogP contribution in [0.3, 0.4) is 0 Å². The molecular formula is C9H13BrN2S. The molecule has 0 unspecified atom stereocenters. The van der Waals surface area contributed by atoms with Gasteiger partial charge in [-0.15, -0.1) is 11.3 Å². The average Bonchev–Trinajstić information content (AvgIpc) is 2.49. The molecule has 0 saturated carbocycles. The number of thiophene rings is 1. The van der Waals surface area contributed by atoms with Gasteiger partial charge in [0.1, 0.15) is 0 Å². The van der Waals surface area contributed by atoms with E-state index in [4.69, 9.17) is 0 Å². The molecule has 0 aliphatic carbocycles. The van der Waals surface area contributed by atoms with Gasteiger partial charge in [0.2, 0.25) is 0 Å². The van der Waals surface area contributed by atoms with Gasteiger partial charge in [-0.1, -0.05) is 0 Å². The molecule has 2 heterocycles. The quantitative estimate of drug-likeness (QED) is 0.808. The van der Waals surface area contributed by atoms with Gasteiger partial charge in [-0.2, -0.15) is 0 Å². The van der Waals surface area contributed by atoms with Crippen LogP contribution in [0.1, 0.15) is 16.5 Å². The highest BCUT2D eigenvalue weighted by Gasteiger charge is 2.16. The van der Waals surface area contributed by atoms with Crippen molar-refractivity contribution in [1.82, 2.24) is 10.6 Å². The molecule has 2 rings (SSSR count). The summed E-state index contributed by atoms with van der Waals surface area (Å²) in [5, 5.41) is 6.89. The maximum absolute atomic E-state index is 3.55. The molecule has 1 atom stereocenters. The molecule has 0 radical (unpaired) electrons. The third-order valence-electron chi connectivity index (χ3n) is 2.26. The van der Waals surface area contributed by atoms with Crippen molar-refractivity contribution in [2.24, 2.45) is 0 Å². The zero-order chi connectivity index (χ0) is 9.26. The predicted octanol–water partition coefficient (Wildman–Crippen LogP) is 2.05. The van der Waals surface area contributed by atoms with Gasteiger partial charge in [-0.05, 0) is 34.5 Å². The zero-order valence-corrected chi connectivity index (χ0v) is 9.96. The van der Waals surface area contributed by atoms with E-state index in [-0.39, 0.29) is 0 Å². The monoisotopic (exact) mass is 260 g/mol. The highest BCUT2D eigenvalue weighted by molar-refractivity contribution is 9.11. The molecule has 0 amide bonds. The summed E-state index contributed by atoms with van der Waals surface area (Å²) in [6.45, 7) is 5.34. The number of hydrogen-bond acceptors (Lipinski definition) is 3. The molecule has 0 spiro atoms. The minimum absolute atomic E-state index is 0.503. The topological polar surface area (TPSA) is 24.1 Å². The van der Waals surface area contributed by atoms with Crippen LogP contribution >= 0.6 is 27.3 Å². The van der Waals surface area contributed by atoms with Crippen molar-refractivity contribution in [2.75, 3.05) is 19.6 Å². The van der Waals surface area contributed by atoms with E-state index in [1.54, 1.807) is 0 Å². The molecule has 2 nitrogen and oxygen atoms in total. The Morgan fingerprint density at radius 2 is 2.38 bits per heavy atom. The second-order valence-electron chi connectivity index (χ2n) is 3.32. The van der Waals surface area contributed by atoms with E-state index in [0.717, 1.165) is 19.6 Å². The Labute approximate surface area is 90.9 Å². The summed E-state index contributed by atoms with van der Waals surface area (Å²) in [4.78, 5) is 1.43. The number of rotatable bonds is 1. The Morgan fingerprint density at radius 3 is 2.92 bits per heavy atom. The van der Waals surface area contributed by atoms with Crippen LogP contribution in [0.15, 0.2) is 9.85 Å². The Bertz CT molecular complexity index is 272. The standard InChI is InChI=1S/C9H13BrN2S/c1-6-4-8(13-9(6)10)7-5-11-2-3-12-7/h4,7,11-12H,2-3,5H2,1H3/t7-/m0/s1. The first-order valence-electron chi connectivity index (χ1n) is 4.47. The fourth-order valence-corrected chi connectivity index (χ4v) is 3.16. The molecule has 0 bridgehead atoms. The summed E-state index contributed by atoms with van der Waals surface area (Å²) in [5.74, 6) is 0. The smallest absolute Gasteiger partial charge is 0.0731 e. The maximum atomic E-state index is 3.55. The SMILES string of the molecule is Cc1cc([C@@H]2CNCCN2)sc1Br. The molecule has 1 aliphatic rings. The normalized spacial score (nSPS) is 23.4. The molecule has 13 heavy (non-hydrogen) atoms. The number of hydrogen-bond donors (Lipinski definition) is 2. The summed E-state index contributed by atoms with van der Waals surface area (Å²) in [6.07, 6.45) is 0. The summed E-state index contributed by atoms with van der Waals surface area (Å²) in [6, 6.07) is 2.77. The van der Waals surface area contributed by atoms with Crippen LogP contribution in [0.4, 0.5) is 0 Å². The lowest BCUT2D eigenvalue weighted by Crippen LogP contribution is -2.42. The second kappa shape index (κ2) is 4.09. The molecule has 1 fully saturated rings. The van der Waals surface area contributed by atoms with E-state index in [9.17, 15) is 0 Å². The van der Waals surface area contributed by atoms with E-state index in [1.807, 2.05) is 11.3 Å². The summed E-state index contributed by atoms with van der Waals surface area (Å²) in [7, 11) is 0. The number of nitrogens with one attached hydrogen (secondary N) is 2. The number of halogens is 1. The summed E-state index contributed by atoms with van der Waals surface area (Å²) >= 11 is 5.39. The van der Waals surface area contributed by atoms with Gasteiger partial charge in [0.15, 0.2) is 0 Å². The first kappa shape index (κ1) is 9.65. The Kier molecular flexibility index (Phi) is 3.03. The molecule has 1 aliphatic heterocycles. The fraction of sp³-hybridized carbons (Fsp3) is 0.556. The van der Waals surface area contributed by atoms with E-state index >= 15 is 0 Å². The Hall–Kier alpha value is 0.100. The van der Waals surface area contributed by atoms with Crippen LogP contribution < -0.4 is 10.6 Å². The Balaban J connectivity index is 2.14. The third kappa shape index (κ3) is 2.13. The first-order valence-corrected chi connectivity index (χ1v) is 6.08. The van der Waals surface area contributed by atoms with Gasteiger partial charge in [0.25, 0.3) is 0 Å². The summed E-state index contributed by atoms with van der Waals surface area (Å²) < 4.78 is 1.26. The van der Waals surface area contributed by atoms with Crippen molar-refractivity contribution in [2.45, 2.75) is 13.0 Å². The van der Waals surface area contributed by atoms with Crippen molar-refractivity contribution >= 4 is 27.3 Å². The lowest BCUT2D eigenvalue weighted by Gasteiger charge is -2.23. The average molecular weight is 261 g/mol. The van der Waals surface area contributed by atoms with Crippen molar-refractivity contribution in [3.63, 3.8) is 0 Å². The van der Waals surface area contributed by atoms with Crippen LogP contribution in [0.25, 0.3) is 0 Å². The van der Waals surface area contributed by atoms with E-state index in [1.165, 1.54) is 14.2 Å². The highest BCUT2D eigenvalue weighted by atomic mass is 79.9. The molecular weight excluding hydrogens is 248 g/mol. The fourth-order valence-electron chi connectivity index (χ4n) is 1.51. The van der Waals surface area contributed by atoms with Gasteiger partial charge >= 0.3 is 0 Å². The molecule has 1 aromatic heterocycles. The molecule has 0 aromatic carbocycles. The molecule has 1 aromatic rings. The second-order valence-corrected chi connectivity index (χ2v) is 5.72. The van der Waals surface area contributed by atoms with Crippen molar-refractivity contribution in [3.05, 3.63) is 20.3 Å². The lowest BCUT2D eigenvalue weighted by atomic mass is 10.2. The minimum Gasteiger partial charge on any atom is -0.314 e. The number of piperazine rings is 1. The maximum Gasteiger partial charge on any atom is 0.0731 e. The molecule has 1 saturated heterocycles. The van der Waals surface area contributed by atoms with E-state index in [0.29, 0.717) is 6.04 Å². The lowest BCUT2D eigenvalue weighted by molar-refractivity contribution is 0.435. The molecule has 4 heteroatoms. The highest BCUT2D eigenvalue weighted by Crippen LogP contribution is 2.31. The van der Waals surface area contributed by atoms with Crippen LogP contribution in [0, 0.1) is 6.92 Å². The predicted molar refractivity (Wildman–Crippen MR) is 60.4 cm³/mol. The summed E-state index contributed by atoms with van der Waals surface area (Å²) in [5.41, 5.74) is 1.34. The minimum atomic E-state index is 0.503. The van der Waals surface area contributed by atoms with Gasteiger partial charge in [0.05, 0.1) is 9.83 Å². The van der Waals surface area contributed by atoms with Gasteiger partial charge in [-0.3, -0.25) is 0 Å².